The van der Waals surface area contributed by atoms with Gasteiger partial charge in [-0.05, 0) is 42.5 Å². The Balaban J connectivity index is 1.50. The lowest BCUT2D eigenvalue weighted by Crippen LogP contribution is -2.31. The monoisotopic (exact) mass is 363 g/mol. The standard InChI is InChI=1S/C20H17N3O4/c1-27-18-16-12(8-9-21-18)11-13(22-17(16)24)5-4-10-23-19(25)14-6-2-3-7-15(14)20(23)26/h2-3,6-9,11H,4-5,10H2,1H3,(H,22,24). The molecule has 1 N–H and O–H groups in total. The zero-order valence-corrected chi connectivity index (χ0v) is 14.7. The molecule has 0 fully saturated rings. The van der Waals surface area contributed by atoms with Crippen LogP contribution in [0.15, 0.2) is 47.4 Å². The number of hydrogen-bond donors (Lipinski definition) is 1. The zero-order valence-electron chi connectivity index (χ0n) is 14.7. The first-order valence-corrected chi connectivity index (χ1v) is 8.60. The van der Waals surface area contributed by atoms with E-state index in [2.05, 4.69) is 9.97 Å². The van der Waals surface area contributed by atoms with E-state index >= 15 is 0 Å². The third-order valence-electron chi connectivity index (χ3n) is 4.68. The Hall–Kier alpha value is -3.48. The van der Waals surface area contributed by atoms with Gasteiger partial charge in [-0.3, -0.25) is 19.3 Å². The van der Waals surface area contributed by atoms with Crippen LogP contribution in [0.4, 0.5) is 0 Å². The first-order chi connectivity index (χ1) is 13.1. The third kappa shape index (κ3) is 2.87. The molecule has 2 amide bonds. The SMILES string of the molecule is COc1nccc2cc(CCCN3C(=O)c4ccccc4C3=O)[nH]c(=O)c12. The molecule has 2 aromatic heterocycles. The highest BCUT2D eigenvalue weighted by Crippen LogP contribution is 2.23. The third-order valence-corrected chi connectivity index (χ3v) is 4.68. The Kier molecular flexibility index (Phi) is 4.19. The minimum absolute atomic E-state index is 0.265. The van der Waals surface area contributed by atoms with Crippen molar-refractivity contribution in [3.63, 3.8) is 0 Å². The molecule has 0 spiro atoms. The molecular formula is C20H17N3O4. The number of hydrogen-bond acceptors (Lipinski definition) is 5. The summed E-state index contributed by atoms with van der Waals surface area (Å²) < 4.78 is 5.14. The predicted molar refractivity (Wildman–Crippen MR) is 99.0 cm³/mol. The fraction of sp³-hybridized carbons (Fsp3) is 0.200. The number of ether oxygens (including phenoxy) is 1. The molecule has 136 valence electrons. The van der Waals surface area contributed by atoms with E-state index in [9.17, 15) is 14.4 Å². The molecule has 1 aliphatic rings. The van der Waals surface area contributed by atoms with Crippen LogP contribution in [0.2, 0.25) is 0 Å². The molecule has 0 saturated heterocycles. The smallest absolute Gasteiger partial charge is 0.261 e. The summed E-state index contributed by atoms with van der Waals surface area (Å²) in [7, 11) is 1.47. The average molecular weight is 363 g/mol. The van der Waals surface area contributed by atoms with Crippen molar-refractivity contribution in [1.29, 1.82) is 0 Å². The number of fused-ring (bicyclic) bond motifs is 2. The Morgan fingerprint density at radius 3 is 2.44 bits per heavy atom. The Bertz CT molecular complexity index is 1080. The second-order valence-electron chi connectivity index (χ2n) is 6.32. The minimum atomic E-state index is -0.270. The molecule has 7 nitrogen and oxygen atoms in total. The van der Waals surface area contributed by atoms with Gasteiger partial charge in [-0.1, -0.05) is 12.1 Å². The van der Waals surface area contributed by atoms with Crippen LogP contribution < -0.4 is 10.3 Å². The van der Waals surface area contributed by atoms with Crippen LogP contribution >= 0.6 is 0 Å². The van der Waals surface area contributed by atoms with E-state index in [0.717, 1.165) is 11.1 Å². The summed E-state index contributed by atoms with van der Waals surface area (Å²) in [5.41, 5.74) is 1.35. The highest BCUT2D eigenvalue weighted by molar-refractivity contribution is 6.21. The number of nitrogens with one attached hydrogen (secondary N) is 1. The second-order valence-corrected chi connectivity index (χ2v) is 6.32. The van der Waals surface area contributed by atoms with Crippen LogP contribution in [-0.4, -0.2) is 40.3 Å². The van der Waals surface area contributed by atoms with Crippen molar-refractivity contribution in [3.8, 4) is 5.88 Å². The van der Waals surface area contributed by atoms with Gasteiger partial charge in [0.05, 0.1) is 18.2 Å². The molecule has 1 aromatic carbocycles. The molecular weight excluding hydrogens is 346 g/mol. The lowest BCUT2D eigenvalue weighted by molar-refractivity contribution is 0.0652. The Morgan fingerprint density at radius 2 is 1.78 bits per heavy atom. The van der Waals surface area contributed by atoms with Crippen LogP contribution in [0.3, 0.4) is 0 Å². The van der Waals surface area contributed by atoms with E-state index in [1.165, 1.54) is 12.0 Å². The summed E-state index contributed by atoms with van der Waals surface area (Å²) in [6.07, 6.45) is 2.67. The van der Waals surface area contributed by atoms with Gasteiger partial charge < -0.3 is 9.72 Å². The van der Waals surface area contributed by atoms with Gasteiger partial charge in [-0.25, -0.2) is 4.98 Å². The van der Waals surface area contributed by atoms with Gasteiger partial charge in [0.1, 0.15) is 5.39 Å². The molecule has 0 saturated carbocycles. The maximum Gasteiger partial charge on any atom is 0.261 e. The molecule has 0 radical (unpaired) electrons. The topological polar surface area (TPSA) is 92.4 Å². The summed E-state index contributed by atoms with van der Waals surface area (Å²) in [6.45, 7) is 0.298. The summed E-state index contributed by atoms with van der Waals surface area (Å²) in [4.78, 5) is 45.2. The number of benzene rings is 1. The Labute approximate surface area is 154 Å². The van der Waals surface area contributed by atoms with Crippen molar-refractivity contribution in [1.82, 2.24) is 14.9 Å². The van der Waals surface area contributed by atoms with Gasteiger partial charge in [0.2, 0.25) is 5.88 Å². The number of nitrogens with zero attached hydrogens (tertiary/aromatic N) is 2. The van der Waals surface area contributed by atoms with E-state index < -0.39 is 0 Å². The number of pyridine rings is 2. The van der Waals surface area contributed by atoms with Gasteiger partial charge >= 0.3 is 0 Å². The molecule has 27 heavy (non-hydrogen) atoms. The molecule has 3 aromatic rings. The number of carbonyl (C=O) groups is 2. The fourth-order valence-electron chi connectivity index (χ4n) is 3.40. The van der Waals surface area contributed by atoms with Crippen LogP contribution in [-0.2, 0) is 6.42 Å². The van der Waals surface area contributed by atoms with E-state index in [1.807, 2.05) is 6.07 Å². The maximum absolute atomic E-state index is 12.4. The number of aryl methyl sites for hydroxylation is 1. The van der Waals surface area contributed by atoms with Gasteiger partial charge in [0, 0.05) is 18.4 Å². The first-order valence-electron chi connectivity index (χ1n) is 8.60. The lowest BCUT2D eigenvalue weighted by Gasteiger charge is -2.13. The largest absolute Gasteiger partial charge is 0.480 e. The number of aromatic amines is 1. The van der Waals surface area contributed by atoms with Crippen LogP contribution in [0.5, 0.6) is 5.88 Å². The number of H-pyrrole nitrogens is 1. The van der Waals surface area contributed by atoms with Crippen LogP contribution in [0.1, 0.15) is 32.8 Å². The van der Waals surface area contributed by atoms with Gasteiger partial charge in [-0.15, -0.1) is 0 Å². The molecule has 4 rings (SSSR count). The molecule has 3 heterocycles. The molecule has 7 heteroatoms. The number of imide groups is 1. The molecule has 1 aliphatic heterocycles. The maximum atomic E-state index is 12.4. The number of methoxy groups -OCH3 is 1. The predicted octanol–water partition coefficient (Wildman–Crippen LogP) is 2.16. The van der Waals surface area contributed by atoms with E-state index in [0.29, 0.717) is 35.9 Å². The molecule has 0 unspecified atom stereocenters. The summed E-state index contributed by atoms with van der Waals surface area (Å²) in [6, 6.07) is 10.4. The van der Waals surface area contributed by atoms with E-state index in [1.54, 1.807) is 36.5 Å². The number of aromatic nitrogens is 2. The molecule has 0 bridgehead atoms. The van der Waals surface area contributed by atoms with Crippen molar-refractivity contribution in [2.24, 2.45) is 0 Å². The van der Waals surface area contributed by atoms with Crippen molar-refractivity contribution in [2.75, 3.05) is 13.7 Å². The summed E-state index contributed by atoms with van der Waals surface area (Å²) in [5, 5.41) is 1.14. The van der Waals surface area contributed by atoms with Crippen LogP contribution in [0.25, 0.3) is 10.8 Å². The lowest BCUT2D eigenvalue weighted by atomic mass is 10.1. The first kappa shape index (κ1) is 17.0. The van der Waals surface area contributed by atoms with E-state index in [-0.39, 0.29) is 23.3 Å². The van der Waals surface area contributed by atoms with Crippen molar-refractivity contribution in [2.45, 2.75) is 12.8 Å². The quantitative estimate of drug-likeness (QED) is 0.701. The number of amides is 2. The molecule has 0 aliphatic carbocycles. The number of rotatable bonds is 5. The molecule has 0 atom stereocenters. The highest BCUT2D eigenvalue weighted by Gasteiger charge is 2.34. The van der Waals surface area contributed by atoms with Gasteiger partial charge in [0.15, 0.2) is 0 Å². The van der Waals surface area contributed by atoms with Crippen molar-refractivity contribution in [3.05, 3.63) is 69.8 Å². The second kappa shape index (κ2) is 6.68. The van der Waals surface area contributed by atoms with Gasteiger partial charge in [-0.2, -0.15) is 0 Å². The average Bonchev–Trinajstić information content (AvgIpc) is 2.92. The summed E-state index contributed by atoms with van der Waals surface area (Å²) in [5.74, 6) is -0.247. The van der Waals surface area contributed by atoms with Crippen LogP contribution in [0, 0.1) is 0 Å². The zero-order chi connectivity index (χ0) is 19.0. The normalized spacial score (nSPS) is 13.3. The van der Waals surface area contributed by atoms with Crippen molar-refractivity contribution < 1.29 is 14.3 Å². The number of carbonyl (C=O) groups excluding carboxylic acids is 2. The minimum Gasteiger partial charge on any atom is -0.480 e. The van der Waals surface area contributed by atoms with E-state index in [4.69, 9.17) is 4.74 Å². The van der Waals surface area contributed by atoms with Crippen molar-refractivity contribution >= 4 is 22.6 Å². The van der Waals surface area contributed by atoms with Gasteiger partial charge in [0.25, 0.3) is 17.4 Å². The fourth-order valence-corrected chi connectivity index (χ4v) is 3.40. The summed E-state index contributed by atoms with van der Waals surface area (Å²) >= 11 is 0. The highest BCUT2D eigenvalue weighted by atomic mass is 16.5. The Morgan fingerprint density at radius 1 is 1.07 bits per heavy atom.